The maximum Gasteiger partial charge on any atom is 0.410 e. The van der Waals surface area contributed by atoms with E-state index in [0.717, 1.165) is 0 Å². The number of carbonyl (C=O) groups excluding carboxylic acids is 2. The van der Waals surface area contributed by atoms with Crippen LogP contribution in [0.3, 0.4) is 0 Å². The lowest BCUT2D eigenvalue weighted by Gasteiger charge is -2.39. The Bertz CT molecular complexity index is 1230. The van der Waals surface area contributed by atoms with Crippen LogP contribution in [-0.4, -0.2) is 61.5 Å². The van der Waals surface area contributed by atoms with Crippen LogP contribution in [0, 0.1) is 11.3 Å². The highest BCUT2D eigenvalue weighted by Crippen LogP contribution is 2.27. The average Bonchev–Trinajstić information content (AvgIpc) is 2.86. The van der Waals surface area contributed by atoms with Gasteiger partial charge in [-0.05, 0) is 75.6 Å². The SMILES string of the molecule is COC(=O)c1ccc(CN(C2CCCN(C(=O)OC(C)(C)C)C2)S(=O)(=O)c2ccc(C#N)cc2)cc1. The van der Waals surface area contributed by atoms with Crippen LogP contribution >= 0.6 is 0 Å². The number of methoxy groups -OCH3 is 1. The second kappa shape index (κ2) is 11.1. The number of hydrogen-bond acceptors (Lipinski definition) is 7. The second-order valence-electron chi connectivity index (χ2n) is 9.60. The van der Waals surface area contributed by atoms with Crippen LogP contribution in [0.4, 0.5) is 4.79 Å². The lowest BCUT2D eigenvalue weighted by atomic mass is 10.1. The summed E-state index contributed by atoms with van der Waals surface area (Å²) >= 11 is 0. The van der Waals surface area contributed by atoms with Gasteiger partial charge in [0.05, 0.1) is 29.2 Å². The molecule has 9 nitrogen and oxygen atoms in total. The van der Waals surface area contributed by atoms with Crippen molar-refractivity contribution in [3.63, 3.8) is 0 Å². The molecule has 192 valence electrons. The minimum Gasteiger partial charge on any atom is -0.465 e. The van der Waals surface area contributed by atoms with E-state index < -0.39 is 33.7 Å². The molecule has 1 unspecified atom stereocenters. The number of rotatable bonds is 6. The third-order valence-electron chi connectivity index (χ3n) is 5.76. The molecule has 1 amide bonds. The van der Waals surface area contributed by atoms with Crippen molar-refractivity contribution in [1.82, 2.24) is 9.21 Å². The molecule has 1 saturated heterocycles. The van der Waals surface area contributed by atoms with E-state index >= 15 is 0 Å². The number of nitrogens with zero attached hydrogens (tertiary/aromatic N) is 3. The topological polar surface area (TPSA) is 117 Å². The molecule has 1 fully saturated rings. The summed E-state index contributed by atoms with van der Waals surface area (Å²) in [6, 6.07) is 13.8. The summed E-state index contributed by atoms with van der Waals surface area (Å²) < 4.78 is 39.2. The Morgan fingerprint density at radius 3 is 2.31 bits per heavy atom. The number of piperidine rings is 1. The molecule has 0 spiro atoms. The molecule has 0 bridgehead atoms. The van der Waals surface area contributed by atoms with E-state index in [9.17, 15) is 18.0 Å². The number of amides is 1. The third kappa shape index (κ3) is 6.62. The first-order valence-corrected chi connectivity index (χ1v) is 13.1. The average molecular weight is 514 g/mol. The molecule has 36 heavy (non-hydrogen) atoms. The van der Waals surface area contributed by atoms with Crippen LogP contribution in [0.25, 0.3) is 0 Å². The van der Waals surface area contributed by atoms with Crippen molar-refractivity contribution < 1.29 is 27.5 Å². The van der Waals surface area contributed by atoms with Gasteiger partial charge < -0.3 is 14.4 Å². The molecule has 2 aromatic rings. The van der Waals surface area contributed by atoms with Crippen molar-refractivity contribution in [2.45, 2.75) is 56.7 Å². The summed E-state index contributed by atoms with van der Waals surface area (Å²) in [5.74, 6) is -0.483. The lowest BCUT2D eigenvalue weighted by Crippen LogP contribution is -2.52. The van der Waals surface area contributed by atoms with E-state index in [-0.39, 0.29) is 18.0 Å². The molecule has 1 aliphatic rings. The number of esters is 1. The molecule has 1 atom stereocenters. The van der Waals surface area contributed by atoms with Gasteiger partial charge in [-0.2, -0.15) is 9.57 Å². The monoisotopic (exact) mass is 513 g/mol. The summed E-state index contributed by atoms with van der Waals surface area (Å²) in [5, 5.41) is 9.09. The van der Waals surface area contributed by atoms with E-state index in [4.69, 9.17) is 14.7 Å². The van der Waals surface area contributed by atoms with Gasteiger partial charge in [-0.3, -0.25) is 0 Å². The molecule has 3 rings (SSSR count). The van der Waals surface area contributed by atoms with Crippen molar-refractivity contribution in [2.24, 2.45) is 0 Å². The van der Waals surface area contributed by atoms with Gasteiger partial charge in [0.1, 0.15) is 5.60 Å². The smallest absolute Gasteiger partial charge is 0.410 e. The fourth-order valence-corrected chi connectivity index (χ4v) is 5.61. The predicted molar refractivity (Wildman–Crippen MR) is 132 cm³/mol. The second-order valence-corrected chi connectivity index (χ2v) is 11.5. The zero-order chi connectivity index (χ0) is 26.5. The van der Waals surface area contributed by atoms with Crippen LogP contribution in [0.2, 0.25) is 0 Å². The van der Waals surface area contributed by atoms with Crippen LogP contribution in [-0.2, 0) is 26.0 Å². The third-order valence-corrected chi connectivity index (χ3v) is 7.67. The number of carbonyl (C=O) groups is 2. The first-order chi connectivity index (χ1) is 16.9. The predicted octanol–water partition coefficient (Wildman–Crippen LogP) is 3.94. The Morgan fingerprint density at radius 2 is 1.75 bits per heavy atom. The van der Waals surface area contributed by atoms with Crippen molar-refractivity contribution >= 4 is 22.1 Å². The highest BCUT2D eigenvalue weighted by molar-refractivity contribution is 7.89. The Hall–Kier alpha value is -3.42. The van der Waals surface area contributed by atoms with Gasteiger partial charge in [0.15, 0.2) is 0 Å². The molecule has 0 radical (unpaired) electrons. The Labute approximate surface area is 212 Å². The van der Waals surface area contributed by atoms with E-state index in [1.165, 1.54) is 35.7 Å². The lowest BCUT2D eigenvalue weighted by molar-refractivity contribution is 0.0152. The quantitative estimate of drug-likeness (QED) is 0.537. The van der Waals surface area contributed by atoms with E-state index in [1.54, 1.807) is 49.9 Å². The number of hydrogen-bond donors (Lipinski definition) is 0. The summed E-state index contributed by atoms with van der Waals surface area (Å²) in [6.07, 6.45) is 0.699. The van der Waals surface area contributed by atoms with Crippen LogP contribution in [0.1, 0.15) is 55.1 Å². The Balaban J connectivity index is 1.94. The zero-order valence-electron chi connectivity index (χ0n) is 20.9. The van der Waals surface area contributed by atoms with Gasteiger partial charge in [-0.1, -0.05) is 12.1 Å². The van der Waals surface area contributed by atoms with Crippen molar-refractivity contribution in [3.05, 3.63) is 65.2 Å². The fraction of sp³-hybridized carbons (Fsp3) is 0.423. The van der Waals surface area contributed by atoms with Gasteiger partial charge in [0.25, 0.3) is 0 Å². The molecular formula is C26H31N3O6S. The van der Waals surface area contributed by atoms with Gasteiger partial charge in [0.2, 0.25) is 10.0 Å². The van der Waals surface area contributed by atoms with Crippen LogP contribution < -0.4 is 0 Å². The largest absolute Gasteiger partial charge is 0.465 e. The standard InChI is InChI=1S/C26H31N3O6S/c1-26(2,3)35-25(31)28-15-5-6-22(18-28)29(17-20-7-11-21(12-8-20)24(30)34-4)36(32,33)23-13-9-19(16-27)10-14-23/h7-14,22H,5-6,15,17-18H2,1-4H3. The van der Waals surface area contributed by atoms with Crippen LogP contribution in [0.15, 0.2) is 53.4 Å². The summed E-state index contributed by atoms with van der Waals surface area (Å²) in [5.41, 5.74) is 0.720. The molecule has 1 heterocycles. The number of benzene rings is 2. The van der Waals surface area contributed by atoms with Crippen molar-refractivity contribution in [2.75, 3.05) is 20.2 Å². The van der Waals surface area contributed by atoms with Gasteiger partial charge in [-0.15, -0.1) is 0 Å². The Kier molecular flexibility index (Phi) is 8.38. The van der Waals surface area contributed by atoms with Crippen molar-refractivity contribution in [3.8, 4) is 6.07 Å². The molecule has 10 heteroatoms. The molecule has 0 saturated carbocycles. The minimum absolute atomic E-state index is 0.0383. The first-order valence-electron chi connectivity index (χ1n) is 11.6. The Morgan fingerprint density at radius 1 is 1.11 bits per heavy atom. The minimum atomic E-state index is -3.99. The fourth-order valence-electron chi connectivity index (χ4n) is 3.97. The van der Waals surface area contributed by atoms with E-state index in [1.807, 2.05) is 6.07 Å². The normalized spacial score (nSPS) is 16.3. The van der Waals surface area contributed by atoms with Gasteiger partial charge >= 0.3 is 12.1 Å². The van der Waals surface area contributed by atoms with Crippen LogP contribution in [0.5, 0.6) is 0 Å². The summed E-state index contributed by atoms with van der Waals surface area (Å²) in [7, 11) is -2.69. The van der Waals surface area contributed by atoms with Crippen molar-refractivity contribution in [1.29, 1.82) is 5.26 Å². The zero-order valence-corrected chi connectivity index (χ0v) is 21.7. The van der Waals surface area contributed by atoms with Gasteiger partial charge in [-0.25, -0.2) is 18.0 Å². The number of likely N-dealkylation sites (tertiary alicyclic amines) is 1. The van der Waals surface area contributed by atoms with E-state index in [0.29, 0.717) is 36.1 Å². The maximum absolute atomic E-state index is 13.8. The number of nitriles is 1. The molecule has 1 aliphatic heterocycles. The molecular weight excluding hydrogens is 482 g/mol. The highest BCUT2D eigenvalue weighted by atomic mass is 32.2. The molecule has 0 N–H and O–H groups in total. The number of ether oxygens (including phenoxy) is 2. The molecule has 0 aromatic heterocycles. The molecule has 0 aliphatic carbocycles. The highest BCUT2D eigenvalue weighted by Gasteiger charge is 2.36. The van der Waals surface area contributed by atoms with Gasteiger partial charge in [0, 0.05) is 25.7 Å². The summed E-state index contributed by atoms with van der Waals surface area (Å²) in [6.45, 7) is 6.05. The number of sulfonamides is 1. The molecule has 2 aromatic carbocycles. The van der Waals surface area contributed by atoms with E-state index in [2.05, 4.69) is 0 Å². The maximum atomic E-state index is 13.8. The summed E-state index contributed by atoms with van der Waals surface area (Å²) in [4.78, 5) is 26.1. The first kappa shape index (κ1) is 27.2.